The van der Waals surface area contributed by atoms with Gasteiger partial charge in [0.05, 0.1) is 5.69 Å². The SMILES string of the molecule is Cc1cc(C#N)nc(Nc2c(F)cc(F)cc2Br)n1. The van der Waals surface area contributed by atoms with Crippen molar-refractivity contribution in [3.8, 4) is 6.07 Å². The maximum Gasteiger partial charge on any atom is 0.228 e. The molecule has 2 aromatic rings. The molecule has 1 N–H and O–H groups in total. The molecule has 0 radical (unpaired) electrons. The number of anilines is 2. The van der Waals surface area contributed by atoms with E-state index in [-0.39, 0.29) is 21.8 Å². The molecule has 1 aromatic heterocycles. The smallest absolute Gasteiger partial charge is 0.228 e. The van der Waals surface area contributed by atoms with Gasteiger partial charge >= 0.3 is 0 Å². The summed E-state index contributed by atoms with van der Waals surface area (Å²) in [5, 5.41) is 11.4. The average molecular weight is 325 g/mol. The molecule has 4 nitrogen and oxygen atoms in total. The molecule has 0 bridgehead atoms. The summed E-state index contributed by atoms with van der Waals surface area (Å²) in [6.07, 6.45) is 0. The van der Waals surface area contributed by atoms with Crippen LogP contribution in [0.4, 0.5) is 20.4 Å². The molecule has 0 amide bonds. The van der Waals surface area contributed by atoms with Crippen LogP contribution in [0.1, 0.15) is 11.4 Å². The molecule has 1 aromatic carbocycles. The fourth-order valence-corrected chi connectivity index (χ4v) is 1.96. The van der Waals surface area contributed by atoms with Crippen molar-refractivity contribution in [1.82, 2.24) is 9.97 Å². The molecular formula is C12H7BrF2N4. The highest BCUT2D eigenvalue weighted by molar-refractivity contribution is 9.10. The molecule has 0 saturated heterocycles. The molecule has 0 aliphatic rings. The number of aromatic nitrogens is 2. The Morgan fingerprint density at radius 1 is 1.26 bits per heavy atom. The molecule has 7 heteroatoms. The minimum absolute atomic E-state index is 0.0101. The summed E-state index contributed by atoms with van der Waals surface area (Å²) >= 11 is 3.05. The Kier molecular flexibility index (Phi) is 3.71. The van der Waals surface area contributed by atoms with Crippen molar-refractivity contribution in [2.24, 2.45) is 0 Å². The lowest BCUT2D eigenvalue weighted by Gasteiger charge is -2.09. The Hall–Kier alpha value is -2.07. The first-order valence-corrected chi connectivity index (χ1v) is 5.96. The molecule has 0 aliphatic carbocycles. The second-order valence-electron chi connectivity index (χ2n) is 3.70. The standard InChI is InChI=1S/C12H7BrF2N4/c1-6-2-8(5-16)18-12(17-6)19-11-9(13)3-7(14)4-10(11)15/h2-4H,1H3,(H,17,18,19). The lowest BCUT2D eigenvalue weighted by molar-refractivity contribution is 0.584. The summed E-state index contributed by atoms with van der Waals surface area (Å²) < 4.78 is 26.8. The first kappa shape index (κ1) is 13.4. The van der Waals surface area contributed by atoms with E-state index in [4.69, 9.17) is 5.26 Å². The third-order valence-electron chi connectivity index (χ3n) is 2.21. The van der Waals surface area contributed by atoms with Crippen LogP contribution >= 0.6 is 15.9 Å². The van der Waals surface area contributed by atoms with Gasteiger partial charge in [-0.2, -0.15) is 5.26 Å². The Morgan fingerprint density at radius 2 is 2.00 bits per heavy atom. The van der Waals surface area contributed by atoms with E-state index in [0.29, 0.717) is 5.69 Å². The van der Waals surface area contributed by atoms with E-state index in [1.807, 2.05) is 6.07 Å². The highest BCUT2D eigenvalue weighted by Crippen LogP contribution is 2.28. The third kappa shape index (κ3) is 3.03. The lowest BCUT2D eigenvalue weighted by atomic mass is 10.3. The van der Waals surface area contributed by atoms with Crippen LogP contribution in [0.15, 0.2) is 22.7 Å². The van der Waals surface area contributed by atoms with Gasteiger partial charge in [0.25, 0.3) is 0 Å². The lowest BCUT2D eigenvalue weighted by Crippen LogP contribution is -2.03. The topological polar surface area (TPSA) is 61.6 Å². The maximum absolute atomic E-state index is 13.6. The van der Waals surface area contributed by atoms with Crippen molar-refractivity contribution in [2.45, 2.75) is 6.92 Å². The minimum atomic E-state index is -0.782. The van der Waals surface area contributed by atoms with Crippen molar-refractivity contribution >= 4 is 27.6 Å². The fraction of sp³-hybridized carbons (Fsp3) is 0.0833. The van der Waals surface area contributed by atoms with E-state index in [0.717, 1.165) is 12.1 Å². The molecule has 0 spiro atoms. The van der Waals surface area contributed by atoms with Gasteiger partial charge < -0.3 is 5.32 Å². The first-order chi connectivity index (χ1) is 8.99. The summed E-state index contributed by atoms with van der Waals surface area (Å²) in [6, 6.07) is 5.24. The summed E-state index contributed by atoms with van der Waals surface area (Å²) in [7, 11) is 0. The Balaban J connectivity index is 2.42. The predicted octanol–water partition coefficient (Wildman–Crippen LogP) is 3.44. The number of rotatable bonds is 2. The summed E-state index contributed by atoms with van der Waals surface area (Å²) in [4.78, 5) is 7.91. The van der Waals surface area contributed by atoms with Crippen LogP contribution in [0.3, 0.4) is 0 Å². The molecule has 0 unspecified atom stereocenters. The number of nitriles is 1. The molecule has 0 saturated carbocycles. The van der Waals surface area contributed by atoms with Gasteiger partial charge in [-0.05, 0) is 35.0 Å². The number of benzene rings is 1. The highest BCUT2D eigenvalue weighted by Gasteiger charge is 2.11. The normalized spacial score (nSPS) is 10.1. The van der Waals surface area contributed by atoms with Gasteiger partial charge in [-0.3, -0.25) is 0 Å². The van der Waals surface area contributed by atoms with Crippen LogP contribution in [0, 0.1) is 29.9 Å². The van der Waals surface area contributed by atoms with Crippen molar-refractivity contribution in [3.63, 3.8) is 0 Å². The number of halogens is 3. The van der Waals surface area contributed by atoms with Crippen LogP contribution in [-0.2, 0) is 0 Å². The third-order valence-corrected chi connectivity index (χ3v) is 2.84. The predicted molar refractivity (Wildman–Crippen MR) is 68.8 cm³/mol. The Morgan fingerprint density at radius 3 is 2.63 bits per heavy atom. The fourth-order valence-electron chi connectivity index (χ4n) is 1.46. The van der Waals surface area contributed by atoms with Gasteiger partial charge in [-0.15, -0.1) is 0 Å². The number of nitrogens with zero attached hydrogens (tertiary/aromatic N) is 3. The van der Waals surface area contributed by atoms with E-state index < -0.39 is 11.6 Å². The van der Waals surface area contributed by atoms with E-state index in [9.17, 15) is 8.78 Å². The zero-order valence-electron chi connectivity index (χ0n) is 9.71. The monoisotopic (exact) mass is 324 g/mol. The molecule has 2 rings (SSSR count). The Bertz CT molecular complexity index is 659. The van der Waals surface area contributed by atoms with Crippen LogP contribution in [-0.4, -0.2) is 9.97 Å². The van der Waals surface area contributed by atoms with Gasteiger partial charge in [0.15, 0.2) is 5.82 Å². The van der Waals surface area contributed by atoms with E-state index in [1.165, 1.54) is 6.07 Å². The van der Waals surface area contributed by atoms with E-state index in [1.54, 1.807) is 6.92 Å². The highest BCUT2D eigenvalue weighted by atomic mass is 79.9. The summed E-state index contributed by atoms with van der Waals surface area (Å²) in [5.74, 6) is -1.41. The van der Waals surface area contributed by atoms with E-state index >= 15 is 0 Å². The van der Waals surface area contributed by atoms with Crippen molar-refractivity contribution < 1.29 is 8.78 Å². The number of hydrogen-bond acceptors (Lipinski definition) is 4. The summed E-state index contributed by atoms with van der Waals surface area (Å²) in [6.45, 7) is 1.68. The number of aryl methyl sites for hydroxylation is 1. The molecular weight excluding hydrogens is 318 g/mol. The quantitative estimate of drug-likeness (QED) is 0.919. The van der Waals surface area contributed by atoms with Gasteiger partial charge in [0.2, 0.25) is 5.95 Å². The Labute approximate surface area is 116 Å². The molecule has 96 valence electrons. The zero-order valence-corrected chi connectivity index (χ0v) is 11.3. The van der Waals surface area contributed by atoms with Gasteiger partial charge in [-0.1, -0.05) is 0 Å². The van der Waals surface area contributed by atoms with Crippen molar-refractivity contribution in [2.75, 3.05) is 5.32 Å². The summed E-state index contributed by atoms with van der Waals surface area (Å²) in [5.41, 5.74) is 0.734. The van der Waals surface area contributed by atoms with Gasteiger partial charge in [-0.25, -0.2) is 18.7 Å². The second kappa shape index (κ2) is 5.28. The largest absolute Gasteiger partial charge is 0.321 e. The molecule has 19 heavy (non-hydrogen) atoms. The maximum atomic E-state index is 13.6. The van der Waals surface area contributed by atoms with Crippen molar-refractivity contribution in [3.05, 3.63) is 45.7 Å². The molecule has 1 heterocycles. The van der Waals surface area contributed by atoms with Gasteiger partial charge in [0.1, 0.15) is 17.6 Å². The minimum Gasteiger partial charge on any atom is -0.321 e. The van der Waals surface area contributed by atoms with Gasteiger partial charge in [0, 0.05) is 16.2 Å². The number of hydrogen-bond donors (Lipinski definition) is 1. The average Bonchev–Trinajstić information content (AvgIpc) is 2.33. The van der Waals surface area contributed by atoms with Crippen LogP contribution in [0.25, 0.3) is 0 Å². The molecule has 0 atom stereocenters. The van der Waals surface area contributed by atoms with Crippen LogP contribution in [0.5, 0.6) is 0 Å². The number of nitrogens with one attached hydrogen (secondary N) is 1. The van der Waals surface area contributed by atoms with Crippen molar-refractivity contribution in [1.29, 1.82) is 5.26 Å². The molecule has 0 fully saturated rings. The van der Waals surface area contributed by atoms with E-state index in [2.05, 4.69) is 31.2 Å². The first-order valence-electron chi connectivity index (χ1n) is 5.17. The van der Waals surface area contributed by atoms with Crippen LogP contribution < -0.4 is 5.32 Å². The van der Waals surface area contributed by atoms with Crippen LogP contribution in [0.2, 0.25) is 0 Å². The molecule has 0 aliphatic heterocycles. The zero-order chi connectivity index (χ0) is 14.0. The second-order valence-corrected chi connectivity index (χ2v) is 4.55.